The van der Waals surface area contributed by atoms with Gasteiger partial charge in [-0.05, 0) is 30.2 Å². The predicted octanol–water partition coefficient (Wildman–Crippen LogP) is 2.82. The summed E-state index contributed by atoms with van der Waals surface area (Å²) in [6.45, 7) is 5.60. The van der Waals surface area contributed by atoms with Gasteiger partial charge >= 0.3 is 0 Å². The fraction of sp³-hybridized carbons (Fsp3) is 0.0833. The Labute approximate surface area is 82.6 Å². The number of fused-ring (bicyclic) bond motifs is 1. The van der Waals surface area contributed by atoms with E-state index in [9.17, 15) is 0 Å². The van der Waals surface area contributed by atoms with E-state index in [4.69, 9.17) is 0 Å². The third kappa shape index (κ3) is 1.43. The number of nitrogens with zero attached hydrogens (tertiary/aromatic N) is 2. The molecule has 0 amide bonds. The first-order chi connectivity index (χ1) is 6.81. The molecule has 2 nitrogen and oxygen atoms in total. The summed E-state index contributed by atoms with van der Waals surface area (Å²) in [4.78, 5) is 8.43. The zero-order chi connectivity index (χ0) is 9.97. The number of allylic oxidation sites excluding steroid dienone is 1. The van der Waals surface area contributed by atoms with Gasteiger partial charge in [-0.25, -0.2) is 0 Å². The molecule has 1 aromatic carbocycles. The van der Waals surface area contributed by atoms with Crippen LogP contribution in [0.1, 0.15) is 12.5 Å². The summed E-state index contributed by atoms with van der Waals surface area (Å²) in [7, 11) is 0. The van der Waals surface area contributed by atoms with Crippen LogP contribution in [0.4, 0.5) is 0 Å². The van der Waals surface area contributed by atoms with Gasteiger partial charge in [-0.2, -0.15) is 0 Å². The lowest BCUT2D eigenvalue weighted by molar-refractivity contribution is 1.29. The van der Waals surface area contributed by atoms with Crippen LogP contribution in [0.15, 0.2) is 42.9 Å². The Balaban J connectivity index is 2.68. The summed E-state index contributed by atoms with van der Waals surface area (Å²) < 4.78 is 0. The van der Waals surface area contributed by atoms with Crippen molar-refractivity contribution in [3.05, 3.63) is 48.5 Å². The largest absolute Gasteiger partial charge is 0.253 e. The molecule has 0 radical (unpaired) electrons. The Bertz CT molecular complexity index is 523. The van der Waals surface area contributed by atoms with Gasteiger partial charge in [-0.1, -0.05) is 12.6 Å². The van der Waals surface area contributed by atoms with Crippen molar-refractivity contribution in [3.8, 4) is 0 Å². The van der Waals surface area contributed by atoms with Crippen molar-refractivity contribution in [1.82, 2.24) is 9.97 Å². The van der Waals surface area contributed by atoms with Crippen LogP contribution >= 0.6 is 0 Å². The van der Waals surface area contributed by atoms with E-state index >= 15 is 0 Å². The molecule has 0 saturated heterocycles. The fourth-order valence-corrected chi connectivity index (χ4v) is 1.30. The molecular weight excluding hydrogens is 172 g/mol. The molecule has 0 aliphatic carbocycles. The van der Waals surface area contributed by atoms with Gasteiger partial charge in [-0.15, -0.1) is 5.73 Å². The highest BCUT2D eigenvalue weighted by Gasteiger charge is 1.98. The molecular formula is C12H10N2. The van der Waals surface area contributed by atoms with Gasteiger partial charge in [0.1, 0.15) is 0 Å². The Morgan fingerprint density at radius 2 is 1.93 bits per heavy atom. The molecule has 2 rings (SSSR count). The molecule has 0 bridgehead atoms. The number of rotatable bonds is 1. The lowest BCUT2D eigenvalue weighted by atomic mass is 10.1. The molecule has 1 heterocycles. The minimum Gasteiger partial charge on any atom is -0.253 e. The zero-order valence-corrected chi connectivity index (χ0v) is 7.99. The van der Waals surface area contributed by atoms with Crippen LogP contribution in [0, 0.1) is 0 Å². The third-order valence-corrected chi connectivity index (χ3v) is 2.17. The molecule has 0 spiro atoms. The molecule has 0 fully saturated rings. The maximum absolute atomic E-state index is 4.23. The SMILES string of the molecule is C=C=C(C)c1ccc2nccnc2c1. The Morgan fingerprint density at radius 1 is 1.21 bits per heavy atom. The van der Waals surface area contributed by atoms with Gasteiger partial charge < -0.3 is 0 Å². The summed E-state index contributed by atoms with van der Waals surface area (Å²) >= 11 is 0. The molecule has 0 aliphatic heterocycles. The molecule has 0 aliphatic rings. The van der Waals surface area contributed by atoms with Crippen molar-refractivity contribution in [3.63, 3.8) is 0 Å². The summed E-state index contributed by atoms with van der Waals surface area (Å²) in [5.74, 6) is 0. The summed E-state index contributed by atoms with van der Waals surface area (Å²) in [5.41, 5.74) is 6.79. The number of aromatic nitrogens is 2. The molecule has 0 unspecified atom stereocenters. The maximum atomic E-state index is 4.23. The average molecular weight is 182 g/mol. The Morgan fingerprint density at radius 3 is 2.64 bits per heavy atom. The van der Waals surface area contributed by atoms with Crippen LogP contribution in [0.25, 0.3) is 16.6 Å². The van der Waals surface area contributed by atoms with E-state index in [1.807, 2.05) is 25.1 Å². The smallest absolute Gasteiger partial charge is 0.0893 e. The lowest BCUT2D eigenvalue weighted by Gasteiger charge is -2.00. The van der Waals surface area contributed by atoms with Crippen molar-refractivity contribution < 1.29 is 0 Å². The first kappa shape index (κ1) is 8.67. The van der Waals surface area contributed by atoms with Crippen LogP contribution in [-0.2, 0) is 0 Å². The van der Waals surface area contributed by atoms with E-state index in [0.717, 1.165) is 22.2 Å². The lowest BCUT2D eigenvalue weighted by Crippen LogP contribution is -1.84. The van der Waals surface area contributed by atoms with Gasteiger partial charge in [0, 0.05) is 12.4 Å². The fourth-order valence-electron chi connectivity index (χ4n) is 1.30. The molecule has 14 heavy (non-hydrogen) atoms. The first-order valence-electron chi connectivity index (χ1n) is 4.39. The third-order valence-electron chi connectivity index (χ3n) is 2.17. The molecule has 2 heteroatoms. The van der Waals surface area contributed by atoms with Crippen LogP contribution in [0.2, 0.25) is 0 Å². The second-order valence-corrected chi connectivity index (χ2v) is 3.06. The summed E-state index contributed by atoms with van der Waals surface area (Å²) in [6, 6.07) is 5.96. The topological polar surface area (TPSA) is 25.8 Å². The predicted molar refractivity (Wildman–Crippen MR) is 57.8 cm³/mol. The van der Waals surface area contributed by atoms with E-state index < -0.39 is 0 Å². The minimum atomic E-state index is 0.902. The van der Waals surface area contributed by atoms with Crippen LogP contribution in [0.5, 0.6) is 0 Å². The molecule has 68 valence electrons. The van der Waals surface area contributed by atoms with Crippen molar-refractivity contribution in [1.29, 1.82) is 0 Å². The second-order valence-electron chi connectivity index (χ2n) is 3.06. The van der Waals surface area contributed by atoms with Crippen LogP contribution in [0.3, 0.4) is 0 Å². The van der Waals surface area contributed by atoms with Crippen molar-refractivity contribution in [2.75, 3.05) is 0 Å². The Hall–Kier alpha value is -1.92. The van der Waals surface area contributed by atoms with Crippen LogP contribution < -0.4 is 0 Å². The summed E-state index contributed by atoms with van der Waals surface area (Å²) in [6.07, 6.45) is 3.39. The van der Waals surface area contributed by atoms with E-state index in [1.165, 1.54) is 0 Å². The van der Waals surface area contributed by atoms with Crippen LogP contribution in [-0.4, -0.2) is 9.97 Å². The zero-order valence-electron chi connectivity index (χ0n) is 7.99. The van der Waals surface area contributed by atoms with Gasteiger partial charge in [0.05, 0.1) is 11.0 Å². The highest BCUT2D eigenvalue weighted by Crippen LogP contribution is 2.16. The highest BCUT2D eigenvalue weighted by atomic mass is 14.8. The summed E-state index contributed by atoms with van der Waals surface area (Å²) in [5, 5.41) is 0. The quantitative estimate of drug-likeness (QED) is 0.634. The van der Waals surface area contributed by atoms with E-state index in [1.54, 1.807) is 12.4 Å². The van der Waals surface area contributed by atoms with E-state index in [0.29, 0.717) is 0 Å². The van der Waals surface area contributed by atoms with Crippen molar-refractivity contribution >= 4 is 16.6 Å². The number of hydrogen-bond acceptors (Lipinski definition) is 2. The van der Waals surface area contributed by atoms with Gasteiger partial charge in [0.2, 0.25) is 0 Å². The van der Waals surface area contributed by atoms with E-state index in [2.05, 4.69) is 22.3 Å². The number of benzene rings is 1. The van der Waals surface area contributed by atoms with Crippen molar-refractivity contribution in [2.45, 2.75) is 6.92 Å². The maximum Gasteiger partial charge on any atom is 0.0893 e. The van der Waals surface area contributed by atoms with Gasteiger partial charge in [-0.3, -0.25) is 9.97 Å². The monoisotopic (exact) mass is 182 g/mol. The normalized spacial score (nSPS) is 9.79. The van der Waals surface area contributed by atoms with E-state index in [-0.39, 0.29) is 0 Å². The molecule has 0 N–H and O–H groups in total. The van der Waals surface area contributed by atoms with Gasteiger partial charge in [0.25, 0.3) is 0 Å². The molecule has 0 atom stereocenters. The minimum absolute atomic E-state index is 0.902. The van der Waals surface area contributed by atoms with Crippen molar-refractivity contribution in [2.24, 2.45) is 0 Å². The first-order valence-corrected chi connectivity index (χ1v) is 4.39. The molecule has 2 aromatic rings. The average Bonchev–Trinajstić information content (AvgIpc) is 2.27. The molecule has 1 aromatic heterocycles. The highest BCUT2D eigenvalue weighted by molar-refractivity contribution is 5.79. The van der Waals surface area contributed by atoms with Gasteiger partial charge in [0.15, 0.2) is 0 Å². The molecule has 0 saturated carbocycles. The Kier molecular flexibility index (Phi) is 2.13. The number of hydrogen-bond donors (Lipinski definition) is 0. The standard InChI is InChI=1S/C12H10N2/c1-3-9(2)10-4-5-11-12(8-10)14-7-6-13-11/h4-8H,1H2,2H3. The second kappa shape index (κ2) is 3.44.